The summed E-state index contributed by atoms with van der Waals surface area (Å²) in [5.74, 6) is -0.225. The molecule has 2 aromatic carbocycles. The van der Waals surface area contributed by atoms with Crippen LogP contribution in [-0.4, -0.2) is 34.3 Å². The molecule has 11 heteroatoms. The van der Waals surface area contributed by atoms with Gasteiger partial charge in [0.2, 0.25) is 5.91 Å². The Kier molecular flexibility index (Phi) is 5.92. The lowest BCUT2D eigenvalue weighted by Crippen LogP contribution is -2.23. The molecule has 3 aromatic rings. The van der Waals surface area contributed by atoms with Gasteiger partial charge in [-0.2, -0.15) is 18.3 Å². The Labute approximate surface area is 168 Å². The minimum Gasteiger partial charge on any atom is -0.493 e. The average molecular weight is 426 g/mol. The van der Waals surface area contributed by atoms with Crippen LogP contribution in [0.1, 0.15) is 5.56 Å². The highest BCUT2D eigenvalue weighted by atomic mass is 35.5. The maximum Gasteiger partial charge on any atom is 0.416 e. The van der Waals surface area contributed by atoms with E-state index >= 15 is 0 Å². The zero-order valence-corrected chi connectivity index (χ0v) is 15.8. The summed E-state index contributed by atoms with van der Waals surface area (Å²) < 4.78 is 45.7. The molecule has 0 radical (unpaired) electrons. The van der Waals surface area contributed by atoms with Crippen molar-refractivity contribution in [2.45, 2.75) is 6.18 Å². The van der Waals surface area contributed by atoms with E-state index in [-0.39, 0.29) is 17.9 Å². The van der Waals surface area contributed by atoms with Gasteiger partial charge in [-0.05, 0) is 30.3 Å². The van der Waals surface area contributed by atoms with Crippen molar-refractivity contribution >= 4 is 28.9 Å². The molecule has 0 aliphatic carbocycles. The predicted octanol–water partition coefficient (Wildman–Crippen LogP) is 4.00. The summed E-state index contributed by atoms with van der Waals surface area (Å²) in [7, 11) is 1.43. The number of nitrogens with one attached hydrogen (secondary N) is 2. The van der Waals surface area contributed by atoms with Gasteiger partial charge in [-0.3, -0.25) is 4.79 Å². The number of hydrogen-bond donors (Lipinski definition) is 2. The Morgan fingerprint density at radius 3 is 2.69 bits per heavy atom. The van der Waals surface area contributed by atoms with Crippen LogP contribution >= 0.6 is 11.6 Å². The first-order chi connectivity index (χ1) is 13.8. The Morgan fingerprint density at radius 1 is 1.24 bits per heavy atom. The maximum absolute atomic E-state index is 13.1. The lowest BCUT2D eigenvalue weighted by Gasteiger charge is -2.15. The minimum atomic E-state index is -4.56. The molecule has 0 atom stereocenters. The van der Waals surface area contributed by atoms with Crippen molar-refractivity contribution in [2.75, 3.05) is 24.3 Å². The van der Waals surface area contributed by atoms with Crippen LogP contribution in [0.25, 0.3) is 5.69 Å². The third kappa shape index (κ3) is 4.77. The number of halogens is 4. The smallest absolute Gasteiger partial charge is 0.416 e. The lowest BCUT2D eigenvalue weighted by atomic mass is 10.1. The first-order valence-corrected chi connectivity index (χ1v) is 8.60. The first kappa shape index (κ1) is 20.5. The van der Waals surface area contributed by atoms with E-state index in [1.54, 1.807) is 18.2 Å². The number of methoxy groups -OCH3 is 1. The molecular formula is C18H15ClF3N5O2. The minimum absolute atomic E-state index is 0.0600. The summed E-state index contributed by atoms with van der Waals surface area (Å²) in [6, 6.07) is 7.90. The molecule has 1 amide bonds. The third-order valence-electron chi connectivity index (χ3n) is 3.87. The van der Waals surface area contributed by atoms with Crippen molar-refractivity contribution in [3.63, 3.8) is 0 Å². The van der Waals surface area contributed by atoms with Gasteiger partial charge in [0.25, 0.3) is 0 Å². The summed E-state index contributed by atoms with van der Waals surface area (Å²) in [5.41, 5.74) is -0.254. The second kappa shape index (κ2) is 8.39. The zero-order chi connectivity index (χ0) is 21.0. The number of benzene rings is 2. The second-order valence-electron chi connectivity index (χ2n) is 5.79. The highest BCUT2D eigenvalue weighted by Crippen LogP contribution is 2.34. The number of nitrogens with zero attached hydrogens (tertiary/aromatic N) is 3. The van der Waals surface area contributed by atoms with Crippen LogP contribution in [-0.2, 0) is 11.0 Å². The van der Waals surface area contributed by atoms with Crippen molar-refractivity contribution in [3.05, 3.63) is 59.6 Å². The van der Waals surface area contributed by atoms with E-state index in [1.165, 1.54) is 30.5 Å². The molecule has 2 N–H and O–H groups in total. The second-order valence-corrected chi connectivity index (χ2v) is 6.20. The van der Waals surface area contributed by atoms with Crippen LogP contribution in [0.2, 0.25) is 5.02 Å². The molecule has 0 fully saturated rings. The molecule has 0 aliphatic heterocycles. The van der Waals surface area contributed by atoms with Gasteiger partial charge in [0.05, 0.1) is 41.3 Å². The quantitative estimate of drug-likeness (QED) is 0.624. The number of carbonyl (C=O) groups is 1. The van der Waals surface area contributed by atoms with Crippen molar-refractivity contribution in [1.82, 2.24) is 14.8 Å². The van der Waals surface area contributed by atoms with Gasteiger partial charge in [-0.25, -0.2) is 9.67 Å². The zero-order valence-electron chi connectivity index (χ0n) is 15.0. The molecule has 0 saturated carbocycles. The molecule has 1 heterocycles. The van der Waals surface area contributed by atoms with E-state index < -0.39 is 17.6 Å². The number of amides is 1. The topological polar surface area (TPSA) is 81.1 Å². The molecular weight excluding hydrogens is 411 g/mol. The highest BCUT2D eigenvalue weighted by Gasteiger charge is 2.31. The number of carbonyl (C=O) groups excluding carboxylic acids is 1. The van der Waals surface area contributed by atoms with Crippen LogP contribution in [0, 0.1) is 0 Å². The number of hydrogen-bond acceptors (Lipinski definition) is 5. The molecule has 0 aliphatic rings. The Bertz CT molecular complexity index is 1010. The number of alkyl halides is 3. The molecule has 3 rings (SSSR count). The standard InChI is InChI=1S/C18H15ClF3N5O2/c1-29-17-12(19)3-2-4-13(17)24-8-16(28)26-14-7-11(18(20,21)22)5-6-15(14)27-10-23-9-25-27/h2-7,9-10,24H,8H2,1H3,(H,26,28). The van der Waals surface area contributed by atoms with Crippen molar-refractivity contribution in [3.8, 4) is 11.4 Å². The van der Waals surface area contributed by atoms with Crippen molar-refractivity contribution in [2.24, 2.45) is 0 Å². The fraction of sp³-hybridized carbons (Fsp3) is 0.167. The Balaban J connectivity index is 1.81. The molecule has 152 valence electrons. The van der Waals surface area contributed by atoms with Crippen molar-refractivity contribution in [1.29, 1.82) is 0 Å². The number of anilines is 2. The largest absolute Gasteiger partial charge is 0.493 e. The molecule has 1 aromatic heterocycles. The number of ether oxygens (including phenoxy) is 1. The summed E-state index contributed by atoms with van der Waals surface area (Å²) in [6.45, 7) is -0.232. The van der Waals surface area contributed by atoms with Gasteiger partial charge in [-0.15, -0.1) is 0 Å². The summed E-state index contributed by atoms with van der Waals surface area (Å²) >= 11 is 6.02. The number of rotatable bonds is 6. The summed E-state index contributed by atoms with van der Waals surface area (Å²) in [5, 5.41) is 9.57. The lowest BCUT2D eigenvalue weighted by molar-refractivity contribution is -0.137. The van der Waals surface area contributed by atoms with Crippen LogP contribution in [0.3, 0.4) is 0 Å². The van der Waals surface area contributed by atoms with Gasteiger partial charge in [0, 0.05) is 0 Å². The van der Waals surface area contributed by atoms with Gasteiger partial charge in [-0.1, -0.05) is 17.7 Å². The van der Waals surface area contributed by atoms with Gasteiger partial charge in [0.1, 0.15) is 12.7 Å². The Morgan fingerprint density at radius 2 is 2.03 bits per heavy atom. The number of aromatic nitrogens is 3. The molecule has 29 heavy (non-hydrogen) atoms. The monoisotopic (exact) mass is 425 g/mol. The Hall–Kier alpha value is -3.27. The third-order valence-corrected chi connectivity index (χ3v) is 4.17. The highest BCUT2D eigenvalue weighted by molar-refractivity contribution is 6.32. The fourth-order valence-electron chi connectivity index (χ4n) is 2.57. The van der Waals surface area contributed by atoms with E-state index in [2.05, 4.69) is 20.7 Å². The van der Waals surface area contributed by atoms with Crippen molar-refractivity contribution < 1.29 is 22.7 Å². The first-order valence-electron chi connectivity index (χ1n) is 8.22. The van der Waals surface area contributed by atoms with E-state index in [0.29, 0.717) is 16.5 Å². The summed E-state index contributed by atoms with van der Waals surface area (Å²) in [4.78, 5) is 16.2. The molecule has 0 bridgehead atoms. The van der Waals surface area contributed by atoms with Crippen LogP contribution in [0.5, 0.6) is 5.75 Å². The molecule has 0 spiro atoms. The van der Waals surface area contributed by atoms with E-state index in [4.69, 9.17) is 16.3 Å². The summed E-state index contributed by atoms with van der Waals surface area (Å²) in [6.07, 6.45) is -2.02. The van der Waals surface area contributed by atoms with Gasteiger partial charge >= 0.3 is 6.18 Å². The number of para-hydroxylation sites is 1. The van der Waals surface area contributed by atoms with E-state index in [0.717, 1.165) is 12.1 Å². The van der Waals surface area contributed by atoms with Crippen LogP contribution in [0.4, 0.5) is 24.5 Å². The SMILES string of the molecule is COc1c(Cl)cccc1NCC(=O)Nc1cc(C(F)(F)F)ccc1-n1cncn1. The average Bonchev–Trinajstić information content (AvgIpc) is 3.20. The molecule has 0 saturated heterocycles. The van der Waals surface area contributed by atoms with Crippen LogP contribution < -0.4 is 15.4 Å². The predicted molar refractivity (Wildman–Crippen MR) is 101 cm³/mol. The van der Waals surface area contributed by atoms with E-state index in [1.807, 2.05) is 0 Å². The van der Waals surface area contributed by atoms with Gasteiger partial charge in [0.15, 0.2) is 5.75 Å². The van der Waals surface area contributed by atoms with Gasteiger partial charge < -0.3 is 15.4 Å². The maximum atomic E-state index is 13.1. The molecule has 0 unspecified atom stereocenters. The van der Waals surface area contributed by atoms with E-state index in [9.17, 15) is 18.0 Å². The molecule has 7 nitrogen and oxygen atoms in total. The van der Waals surface area contributed by atoms with Crippen LogP contribution in [0.15, 0.2) is 49.1 Å². The normalized spacial score (nSPS) is 11.2. The fourth-order valence-corrected chi connectivity index (χ4v) is 2.82.